The lowest BCUT2D eigenvalue weighted by Gasteiger charge is -1.88. The number of hydrogen-bond donors (Lipinski definition) is 0. The van der Waals surface area contributed by atoms with Crippen LogP contribution in [0.5, 0.6) is 0 Å². The predicted octanol–water partition coefficient (Wildman–Crippen LogP) is 1.99. The van der Waals surface area contributed by atoms with E-state index in [4.69, 9.17) is 16.1 Å². The van der Waals surface area contributed by atoms with E-state index in [2.05, 4.69) is 19.8 Å². The van der Waals surface area contributed by atoms with E-state index < -0.39 is 0 Å². The molecule has 0 saturated carbocycles. The Morgan fingerprint density at radius 3 is 2.38 bits per heavy atom. The maximum absolute atomic E-state index is 5.49. The van der Waals surface area contributed by atoms with E-state index in [-0.39, 0.29) is 5.35 Å². The normalized spacial score (nSPS) is 10.7. The van der Waals surface area contributed by atoms with Crippen LogP contribution in [0, 0.1) is 13.8 Å². The van der Waals surface area contributed by atoms with Crippen LogP contribution in [0.2, 0.25) is 5.35 Å². The fourth-order valence-electron chi connectivity index (χ4n) is 1.11. The number of aromatic nitrogens is 3. The van der Waals surface area contributed by atoms with Crippen molar-refractivity contribution in [2.45, 2.75) is 13.8 Å². The van der Waals surface area contributed by atoms with Gasteiger partial charge in [-0.25, -0.2) is 0 Å². The molecule has 0 N–H and O–H groups in total. The first-order valence-corrected chi connectivity index (χ1v) is 3.98. The highest BCUT2D eigenvalue weighted by atomic mass is 35.5. The molecular weight excluding hydrogens is 194 g/mol. The summed E-state index contributed by atoms with van der Waals surface area (Å²) in [6.07, 6.45) is 0. The Morgan fingerprint density at radius 2 is 1.92 bits per heavy atom. The minimum absolute atomic E-state index is 0.00926. The Hall–Kier alpha value is -1.36. The molecule has 0 aliphatic heterocycles. The van der Waals surface area contributed by atoms with E-state index in [0.717, 1.165) is 11.3 Å². The standard InChI is InChI=1S/C7H6ClN3O2/c1-3-5(4(2)12-10-3)6-9-7(8)13-11-6/h1-2H3. The van der Waals surface area contributed by atoms with Crippen LogP contribution in [0.4, 0.5) is 0 Å². The molecule has 0 atom stereocenters. The average Bonchev–Trinajstić information content (AvgIpc) is 2.60. The highest BCUT2D eigenvalue weighted by Gasteiger charge is 2.16. The first-order chi connectivity index (χ1) is 6.18. The minimum atomic E-state index is 0.00926. The largest absolute Gasteiger partial charge is 0.361 e. The first kappa shape index (κ1) is 8.25. The zero-order chi connectivity index (χ0) is 9.42. The SMILES string of the molecule is Cc1noc(C)c1-c1noc(Cl)n1. The van der Waals surface area contributed by atoms with E-state index in [1.807, 2.05) is 0 Å². The van der Waals surface area contributed by atoms with Gasteiger partial charge in [0.1, 0.15) is 5.76 Å². The zero-order valence-corrected chi connectivity index (χ0v) is 7.79. The van der Waals surface area contributed by atoms with Gasteiger partial charge in [-0.1, -0.05) is 10.3 Å². The average molecular weight is 200 g/mol. The van der Waals surface area contributed by atoms with E-state index in [1.165, 1.54) is 0 Å². The van der Waals surface area contributed by atoms with Gasteiger partial charge in [0.15, 0.2) is 0 Å². The molecule has 0 fully saturated rings. The summed E-state index contributed by atoms with van der Waals surface area (Å²) in [5.41, 5.74) is 1.45. The molecule has 2 aromatic rings. The van der Waals surface area contributed by atoms with Gasteiger partial charge in [0.25, 0.3) is 0 Å². The molecule has 0 spiro atoms. The van der Waals surface area contributed by atoms with E-state index in [9.17, 15) is 0 Å². The van der Waals surface area contributed by atoms with Crippen molar-refractivity contribution in [3.05, 3.63) is 16.8 Å². The van der Waals surface area contributed by atoms with E-state index in [0.29, 0.717) is 11.6 Å². The smallest absolute Gasteiger partial charge is 0.320 e. The molecule has 0 aliphatic rings. The predicted molar refractivity (Wildman–Crippen MR) is 44.3 cm³/mol. The van der Waals surface area contributed by atoms with Gasteiger partial charge in [-0.05, 0) is 25.4 Å². The lowest BCUT2D eigenvalue weighted by molar-refractivity contribution is 0.393. The third-order valence-corrected chi connectivity index (χ3v) is 1.81. The van der Waals surface area contributed by atoms with Crippen molar-refractivity contribution in [1.29, 1.82) is 0 Å². The van der Waals surface area contributed by atoms with Gasteiger partial charge in [-0.2, -0.15) is 4.98 Å². The second-order valence-corrected chi connectivity index (χ2v) is 2.89. The molecule has 6 heteroatoms. The molecule has 5 nitrogen and oxygen atoms in total. The Kier molecular flexibility index (Phi) is 1.81. The third kappa shape index (κ3) is 1.31. The molecule has 13 heavy (non-hydrogen) atoms. The maximum Gasteiger partial charge on any atom is 0.320 e. The van der Waals surface area contributed by atoms with Crippen molar-refractivity contribution in [1.82, 2.24) is 15.3 Å². The molecule has 0 unspecified atom stereocenters. The van der Waals surface area contributed by atoms with Crippen LogP contribution in [0.1, 0.15) is 11.5 Å². The summed E-state index contributed by atoms with van der Waals surface area (Å²) in [5.74, 6) is 1.05. The number of hydrogen-bond acceptors (Lipinski definition) is 5. The van der Waals surface area contributed by atoms with Crippen LogP contribution < -0.4 is 0 Å². The monoisotopic (exact) mass is 199 g/mol. The van der Waals surface area contributed by atoms with Crippen molar-refractivity contribution in [2.75, 3.05) is 0 Å². The lowest BCUT2D eigenvalue weighted by atomic mass is 10.2. The summed E-state index contributed by atoms with van der Waals surface area (Å²) in [7, 11) is 0. The quantitative estimate of drug-likeness (QED) is 0.703. The van der Waals surface area contributed by atoms with Crippen LogP contribution >= 0.6 is 11.6 Å². The number of rotatable bonds is 1. The van der Waals surface area contributed by atoms with Crippen LogP contribution in [-0.2, 0) is 0 Å². The Labute approximate surface area is 78.7 Å². The molecule has 0 saturated heterocycles. The van der Waals surface area contributed by atoms with Crippen molar-refractivity contribution < 1.29 is 9.05 Å². The van der Waals surface area contributed by atoms with E-state index >= 15 is 0 Å². The van der Waals surface area contributed by atoms with Crippen molar-refractivity contribution in [3.63, 3.8) is 0 Å². The van der Waals surface area contributed by atoms with Gasteiger partial charge in [-0.15, -0.1) is 0 Å². The van der Waals surface area contributed by atoms with Gasteiger partial charge in [-0.3, -0.25) is 0 Å². The zero-order valence-electron chi connectivity index (χ0n) is 7.04. The summed E-state index contributed by atoms with van der Waals surface area (Å²) in [6, 6.07) is 0. The fourth-order valence-corrected chi connectivity index (χ4v) is 1.22. The Morgan fingerprint density at radius 1 is 1.15 bits per heavy atom. The van der Waals surface area contributed by atoms with Crippen molar-refractivity contribution >= 4 is 11.6 Å². The van der Waals surface area contributed by atoms with E-state index in [1.54, 1.807) is 13.8 Å². The number of aryl methyl sites for hydroxylation is 2. The lowest BCUT2D eigenvalue weighted by Crippen LogP contribution is -1.83. The Balaban J connectivity index is 2.57. The topological polar surface area (TPSA) is 65.0 Å². The molecule has 68 valence electrons. The molecular formula is C7H6ClN3O2. The van der Waals surface area contributed by atoms with Crippen LogP contribution in [0.15, 0.2) is 9.05 Å². The molecule has 2 heterocycles. The Bertz CT molecular complexity index is 415. The van der Waals surface area contributed by atoms with Crippen LogP contribution in [0.3, 0.4) is 0 Å². The highest BCUT2D eigenvalue weighted by molar-refractivity contribution is 6.27. The molecule has 0 aliphatic carbocycles. The summed E-state index contributed by atoms with van der Waals surface area (Å²) in [6.45, 7) is 3.58. The summed E-state index contributed by atoms with van der Waals surface area (Å²) < 4.78 is 9.58. The first-order valence-electron chi connectivity index (χ1n) is 3.61. The van der Waals surface area contributed by atoms with Crippen molar-refractivity contribution in [2.24, 2.45) is 0 Å². The molecule has 2 rings (SSSR count). The number of halogens is 1. The summed E-state index contributed by atoms with van der Waals surface area (Å²) in [4.78, 5) is 3.86. The fraction of sp³-hybridized carbons (Fsp3) is 0.286. The molecule has 0 bridgehead atoms. The van der Waals surface area contributed by atoms with Crippen molar-refractivity contribution in [3.8, 4) is 11.4 Å². The van der Waals surface area contributed by atoms with Gasteiger partial charge in [0.05, 0.1) is 11.3 Å². The summed E-state index contributed by atoms with van der Waals surface area (Å²) in [5, 5.41) is 7.43. The minimum Gasteiger partial charge on any atom is -0.361 e. The third-order valence-electron chi connectivity index (χ3n) is 1.66. The molecule has 0 radical (unpaired) electrons. The van der Waals surface area contributed by atoms with Gasteiger partial charge in [0, 0.05) is 0 Å². The van der Waals surface area contributed by atoms with Gasteiger partial charge < -0.3 is 9.05 Å². The highest BCUT2D eigenvalue weighted by Crippen LogP contribution is 2.24. The van der Waals surface area contributed by atoms with Crippen LogP contribution in [-0.4, -0.2) is 15.3 Å². The molecule has 0 aromatic carbocycles. The molecule has 0 amide bonds. The maximum atomic E-state index is 5.49. The summed E-state index contributed by atoms with van der Waals surface area (Å²) >= 11 is 5.49. The number of nitrogens with zero attached hydrogens (tertiary/aromatic N) is 3. The van der Waals surface area contributed by atoms with Crippen LogP contribution in [0.25, 0.3) is 11.4 Å². The van der Waals surface area contributed by atoms with Gasteiger partial charge >= 0.3 is 5.35 Å². The second kappa shape index (κ2) is 2.85. The van der Waals surface area contributed by atoms with Gasteiger partial charge in [0.2, 0.25) is 5.82 Å². The molecule has 2 aromatic heterocycles. The second-order valence-electron chi connectivity index (χ2n) is 2.57.